The molecule has 0 aliphatic heterocycles. The van der Waals surface area contributed by atoms with E-state index in [1.807, 2.05) is 43.3 Å². The second kappa shape index (κ2) is 8.78. The lowest BCUT2D eigenvalue weighted by Crippen LogP contribution is -2.33. The summed E-state index contributed by atoms with van der Waals surface area (Å²) in [6.45, 7) is 2.67. The number of aromatic amines is 1. The Morgan fingerprint density at radius 1 is 1.13 bits per heavy atom. The van der Waals surface area contributed by atoms with Gasteiger partial charge < -0.3 is 14.6 Å². The van der Waals surface area contributed by atoms with Crippen molar-refractivity contribution in [2.45, 2.75) is 19.9 Å². The summed E-state index contributed by atoms with van der Waals surface area (Å²) in [7, 11) is 1.55. The van der Waals surface area contributed by atoms with E-state index in [4.69, 9.17) is 16.3 Å². The van der Waals surface area contributed by atoms with Crippen LogP contribution in [0.25, 0.3) is 21.7 Å². The van der Waals surface area contributed by atoms with Crippen molar-refractivity contribution in [2.24, 2.45) is 0 Å². The molecular weight excluding hydrogens is 414 g/mol. The zero-order valence-corrected chi connectivity index (χ0v) is 18.1. The molecule has 0 spiro atoms. The third-order valence-corrected chi connectivity index (χ3v) is 5.37. The summed E-state index contributed by atoms with van der Waals surface area (Å²) in [6.07, 6.45) is 0.755. The van der Waals surface area contributed by atoms with Crippen molar-refractivity contribution in [1.29, 1.82) is 0 Å². The number of aromatic nitrogens is 2. The molecule has 0 bridgehead atoms. The van der Waals surface area contributed by atoms with Crippen molar-refractivity contribution in [2.75, 3.05) is 13.7 Å². The summed E-state index contributed by atoms with van der Waals surface area (Å²) in [5.41, 5.74) is 0.711. The van der Waals surface area contributed by atoms with Crippen molar-refractivity contribution in [3.05, 3.63) is 81.4 Å². The fraction of sp³-hybridized carbons (Fsp3) is 0.208. The molecule has 0 saturated heterocycles. The Morgan fingerprint density at radius 2 is 1.87 bits per heavy atom. The van der Waals surface area contributed by atoms with Gasteiger partial charge in [0.2, 0.25) is 0 Å². The molecule has 4 rings (SSSR count). The number of nitrogens with one attached hydrogen (secondary N) is 1. The highest BCUT2D eigenvalue weighted by atomic mass is 35.5. The zero-order valence-electron chi connectivity index (χ0n) is 17.3. The molecule has 31 heavy (non-hydrogen) atoms. The molecule has 1 amide bonds. The van der Waals surface area contributed by atoms with E-state index in [2.05, 4.69) is 9.97 Å². The van der Waals surface area contributed by atoms with Gasteiger partial charge in [0.25, 0.3) is 11.5 Å². The highest BCUT2D eigenvalue weighted by Gasteiger charge is 2.21. The minimum atomic E-state index is -0.260. The van der Waals surface area contributed by atoms with Gasteiger partial charge in [0, 0.05) is 11.6 Å². The van der Waals surface area contributed by atoms with Crippen LogP contribution in [0.3, 0.4) is 0 Å². The van der Waals surface area contributed by atoms with Crippen LogP contribution < -0.4 is 10.3 Å². The van der Waals surface area contributed by atoms with Crippen molar-refractivity contribution < 1.29 is 9.53 Å². The van der Waals surface area contributed by atoms with E-state index in [0.717, 1.165) is 17.2 Å². The van der Waals surface area contributed by atoms with E-state index in [1.54, 1.807) is 30.2 Å². The number of amides is 1. The van der Waals surface area contributed by atoms with Crippen molar-refractivity contribution in [1.82, 2.24) is 14.9 Å². The smallest absolute Gasteiger partial charge is 0.258 e. The first-order valence-electron chi connectivity index (χ1n) is 10.0. The lowest BCUT2D eigenvalue weighted by molar-refractivity contribution is 0.0735. The number of H-pyrrole nitrogens is 1. The first-order chi connectivity index (χ1) is 15.0. The molecule has 3 aromatic carbocycles. The molecule has 0 atom stereocenters. The fourth-order valence-corrected chi connectivity index (χ4v) is 3.83. The maximum atomic E-state index is 13.5. The average molecular weight is 436 g/mol. The molecule has 0 saturated carbocycles. The highest BCUT2D eigenvalue weighted by Crippen LogP contribution is 2.27. The lowest BCUT2D eigenvalue weighted by atomic mass is 10.0. The predicted molar refractivity (Wildman–Crippen MR) is 123 cm³/mol. The molecule has 0 fully saturated rings. The highest BCUT2D eigenvalue weighted by molar-refractivity contribution is 6.31. The molecule has 0 unspecified atom stereocenters. The molecule has 1 N–H and O–H groups in total. The van der Waals surface area contributed by atoms with E-state index < -0.39 is 0 Å². The Hall–Kier alpha value is -3.38. The second-order valence-electron chi connectivity index (χ2n) is 7.30. The SMILES string of the molecule is CCCN(Cc1nc2cc(Cl)ccc2c(=O)[nH]1)C(=O)c1cc2ccccc2cc1OC. The summed E-state index contributed by atoms with van der Waals surface area (Å²) >= 11 is 6.06. The number of benzene rings is 3. The number of ether oxygens (including phenoxy) is 1. The molecule has 158 valence electrons. The van der Waals surface area contributed by atoms with Crippen LogP contribution in [-0.2, 0) is 6.54 Å². The molecule has 0 aliphatic rings. The summed E-state index contributed by atoms with van der Waals surface area (Å²) < 4.78 is 5.51. The molecule has 4 aromatic rings. The van der Waals surface area contributed by atoms with Gasteiger partial charge in [-0.3, -0.25) is 9.59 Å². The Labute approximate surface area is 184 Å². The normalized spacial score (nSPS) is 11.1. The Bertz CT molecular complexity index is 1330. The van der Waals surface area contributed by atoms with Crippen molar-refractivity contribution in [3.63, 3.8) is 0 Å². The number of nitrogens with zero attached hydrogens (tertiary/aromatic N) is 2. The minimum absolute atomic E-state index is 0.167. The van der Waals surface area contributed by atoms with Gasteiger partial charge in [0.1, 0.15) is 11.6 Å². The Morgan fingerprint density at radius 3 is 2.58 bits per heavy atom. The van der Waals surface area contributed by atoms with Gasteiger partial charge >= 0.3 is 0 Å². The number of carbonyl (C=O) groups excluding carboxylic acids is 1. The molecule has 0 radical (unpaired) electrons. The van der Waals surface area contributed by atoms with Gasteiger partial charge in [-0.25, -0.2) is 4.98 Å². The number of halogens is 1. The molecule has 0 aliphatic carbocycles. The quantitative estimate of drug-likeness (QED) is 0.472. The van der Waals surface area contributed by atoms with E-state index in [1.165, 1.54) is 0 Å². The summed E-state index contributed by atoms with van der Waals surface area (Å²) in [5.74, 6) is 0.733. The summed E-state index contributed by atoms with van der Waals surface area (Å²) in [5, 5.41) is 2.90. The second-order valence-corrected chi connectivity index (χ2v) is 7.74. The van der Waals surface area contributed by atoms with Crippen LogP contribution in [0, 0.1) is 0 Å². The van der Waals surface area contributed by atoms with Crippen LogP contribution >= 0.6 is 11.6 Å². The number of fused-ring (bicyclic) bond motifs is 2. The standard InChI is InChI=1S/C24H22ClN3O3/c1-3-10-28(14-22-26-20-13-17(25)8-9-18(20)23(29)27-22)24(30)19-11-15-6-4-5-7-16(15)12-21(19)31-2/h4-9,11-13H,3,10,14H2,1-2H3,(H,26,27,29). The molecule has 1 aromatic heterocycles. The van der Waals surface area contributed by atoms with Crippen LogP contribution in [0.5, 0.6) is 5.75 Å². The molecular formula is C24H22ClN3O3. The number of carbonyl (C=O) groups is 1. The first kappa shape index (κ1) is 20.9. The van der Waals surface area contributed by atoms with Crippen molar-refractivity contribution >= 4 is 39.2 Å². The monoisotopic (exact) mass is 435 g/mol. The van der Waals surface area contributed by atoms with E-state index in [9.17, 15) is 9.59 Å². The van der Waals surface area contributed by atoms with Crippen LogP contribution in [0.1, 0.15) is 29.5 Å². The van der Waals surface area contributed by atoms with Crippen LogP contribution in [0.15, 0.2) is 59.4 Å². The zero-order chi connectivity index (χ0) is 22.0. The molecule has 1 heterocycles. The van der Waals surface area contributed by atoms with Gasteiger partial charge in [-0.2, -0.15) is 0 Å². The molecule has 6 nitrogen and oxygen atoms in total. The third kappa shape index (κ3) is 4.25. The number of hydrogen-bond acceptors (Lipinski definition) is 4. The maximum absolute atomic E-state index is 13.5. The maximum Gasteiger partial charge on any atom is 0.258 e. The first-order valence-corrected chi connectivity index (χ1v) is 10.4. The minimum Gasteiger partial charge on any atom is -0.496 e. The molecule has 7 heteroatoms. The summed E-state index contributed by atoms with van der Waals surface area (Å²) in [6, 6.07) is 16.5. The third-order valence-electron chi connectivity index (χ3n) is 5.14. The van der Waals surface area contributed by atoms with Crippen molar-refractivity contribution in [3.8, 4) is 5.75 Å². The summed E-state index contributed by atoms with van der Waals surface area (Å²) in [4.78, 5) is 34.9. The fourth-order valence-electron chi connectivity index (χ4n) is 3.66. The Balaban J connectivity index is 1.72. The number of methoxy groups -OCH3 is 1. The van der Waals surface area contributed by atoms with E-state index >= 15 is 0 Å². The number of hydrogen-bond donors (Lipinski definition) is 1. The van der Waals surface area contributed by atoms with Gasteiger partial charge in [-0.05, 0) is 47.5 Å². The van der Waals surface area contributed by atoms with Crippen LogP contribution in [0.4, 0.5) is 0 Å². The Kier molecular flexibility index (Phi) is 5.91. The average Bonchev–Trinajstić information content (AvgIpc) is 2.77. The van der Waals surface area contributed by atoms with Gasteiger partial charge in [0.15, 0.2) is 0 Å². The van der Waals surface area contributed by atoms with Crippen LogP contribution in [0.2, 0.25) is 5.02 Å². The van der Waals surface area contributed by atoms with Gasteiger partial charge in [0.05, 0.1) is 30.1 Å². The van der Waals surface area contributed by atoms with Gasteiger partial charge in [-0.15, -0.1) is 0 Å². The van der Waals surface area contributed by atoms with Crippen LogP contribution in [-0.4, -0.2) is 34.4 Å². The van der Waals surface area contributed by atoms with E-state index in [-0.39, 0.29) is 18.0 Å². The topological polar surface area (TPSA) is 75.3 Å². The van der Waals surface area contributed by atoms with Gasteiger partial charge in [-0.1, -0.05) is 42.8 Å². The largest absolute Gasteiger partial charge is 0.496 e. The predicted octanol–water partition coefficient (Wildman–Crippen LogP) is 4.79. The lowest BCUT2D eigenvalue weighted by Gasteiger charge is -2.23. The number of rotatable bonds is 6. The van der Waals surface area contributed by atoms with E-state index in [0.29, 0.717) is 39.6 Å².